The van der Waals surface area contributed by atoms with E-state index in [1.165, 1.54) is 12.8 Å². The van der Waals surface area contributed by atoms with Crippen molar-refractivity contribution in [2.45, 2.75) is 58.1 Å². The molecule has 0 bridgehead atoms. The van der Waals surface area contributed by atoms with Gasteiger partial charge in [0.25, 0.3) is 0 Å². The molecule has 0 aromatic carbocycles. The number of aliphatic hydroxyl groups excluding tert-OH is 1. The van der Waals surface area contributed by atoms with Gasteiger partial charge in [0, 0.05) is 6.42 Å². The van der Waals surface area contributed by atoms with Gasteiger partial charge in [0.1, 0.15) is 0 Å². The van der Waals surface area contributed by atoms with E-state index in [1.807, 2.05) is 13.8 Å². The van der Waals surface area contributed by atoms with Crippen LogP contribution in [0.5, 0.6) is 0 Å². The van der Waals surface area contributed by atoms with Crippen LogP contribution in [0.15, 0.2) is 0 Å². The van der Waals surface area contributed by atoms with Crippen molar-refractivity contribution in [1.82, 2.24) is 10.6 Å². The molecule has 1 atom stereocenters. The molecule has 0 saturated carbocycles. The van der Waals surface area contributed by atoms with E-state index in [4.69, 9.17) is 0 Å². The maximum Gasteiger partial charge on any atom is 0.220 e. The highest BCUT2D eigenvalue weighted by Gasteiger charge is 2.26. The van der Waals surface area contributed by atoms with Crippen LogP contribution >= 0.6 is 0 Å². The minimum atomic E-state index is -0.537. The summed E-state index contributed by atoms with van der Waals surface area (Å²) in [6.45, 7) is 7.55. The molecule has 1 aliphatic heterocycles. The zero-order valence-corrected chi connectivity index (χ0v) is 11.3. The molecular formula is C13H26N2O2. The van der Waals surface area contributed by atoms with Gasteiger partial charge in [-0.1, -0.05) is 0 Å². The summed E-state index contributed by atoms with van der Waals surface area (Å²) < 4.78 is 0. The van der Waals surface area contributed by atoms with E-state index in [0.717, 1.165) is 19.5 Å². The molecular weight excluding hydrogens is 216 g/mol. The van der Waals surface area contributed by atoms with Gasteiger partial charge in [-0.05, 0) is 59.0 Å². The summed E-state index contributed by atoms with van der Waals surface area (Å²) in [5.41, 5.74) is -0.537. The van der Waals surface area contributed by atoms with Gasteiger partial charge in [-0.3, -0.25) is 4.79 Å². The Morgan fingerprint density at radius 1 is 1.47 bits per heavy atom. The monoisotopic (exact) mass is 242 g/mol. The fourth-order valence-corrected chi connectivity index (χ4v) is 2.03. The quantitative estimate of drug-likeness (QED) is 0.675. The van der Waals surface area contributed by atoms with Crippen LogP contribution in [-0.2, 0) is 4.79 Å². The molecule has 4 nitrogen and oxygen atoms in total. The maximum absolute atomic E-state index is 11.8. The highest BCUT2D eigenvalue weighted by atomic mass is 16.3. The number of aliphatic hydroxyl groups is 1. The second kappa shape index (κ2) is 6.36. The van der Waals surface area contributed by atoms with Crippen LogP contribution in [-0.4, -0.2) is 35.7 Å². The Hall–Kier alpha value is -0.610. The van der Waals surface area contributed by atoms with Gasteiger partial charge in [-0.15, -0.1) is 0 Å². The third kappa shape index (κ3) is 5.04. The van der Waals surface area contributed by atoms with Gasteiger partial charge in [-0.2, -0.15) is 0 Å². The normalized spacial score (nSPS) is 20.0. The molecule has 1 unspecified atom stereocenters. The Labute approximate surface area is 104 Å². The first-order valence-corrected chi connectivity index (χ1v) is 6.61. The van der Waals surface area contributed by atoms with Gasteiger partial charge in [0.2, 0.25) is 5.91 Å². The van der Waals surface area contributed by atoms with Crippen molar-refractivity contribution in [1.29, 1.82) is 0 Å². The first-order valence-electron chi connectivity index (χ1n) is 6.61. The van der Waals surface area contributed by atoms with Crippen molar-refractivity contribution in [2.24, 2.45) is 5.92 Å². The average Bonchev–Trinajstić information content (AvgIpc) is 2.27. The van der Waals surface area contributed by atoms with Crippen molar-refractivity contribution in [2.75, 3.05) is 13.1 Å². The van der Waals surface area contributed by atoms with E-state index in [0.29, 0.717) is 12.3 Å². The number of carbonyl (C=O) groups is 1. The summed E-state index contributed by atoms with van der Waals surface area (Å²) >= 11 is 0. The predicted octanol–water partition coefficient (Wildman–Crippen LogP) is 1.04. The standard InChI is InChI=1S/C13H26N2O2/c1-10(16)13(2,3)15-12(17)5-4-11-6-8-14-9-7-11/h10-11,14,16H,4-9H2,1-3H3,(H,15,17). The van der Waals surface area contributed by atoms with Gasteiger partial charge in [-0.25, -0.2) is 0 Å². The summed E-state index contributed by atoms with van der Waals surface area (Å²) in [6, 6.07) is 0. The summed E-state index contributed by atoms with van der Waals surface area (Å²) in [6.07, 6.45) is 3.34. The van der Waals surface area contributed by atoms with Crippen molar-refractivity contribution >= 4 is 5.91 Å². The Morgan fingerprint density at radius 3 is 2.59 bits per heavy atom. The predicted molar refractivity (Wildman–Crippen MR) is 68.7 cm³/mol. The van der Waals surface area contributed by atoms with E-state index in [9.17, 15) is 9.90 Å². The zero-order chi connectivity index (χ0) is 12.9. The molecule has 1 rings (SSSR count). The van der Waals surface area contributed by atoms with Crippen LogP contribution in [0, 0.1) is 5.92 Å². The molecule has 0 aromatic rings. The molecule has 0 aromatic heterocycles. The maximum atomic E-state index is 11.8. The van der Waals surface area contributed by atoms with Crippen LogP contribution in [0.3, 0.4) is 0 Å². The molecule has 1 aliphatic rings. The van der Waals surface area contributed by atoms with Crippen LogP contribution in [0.2, 0.25) is 0 Å². The van der Waals surface area contributed by atoms with E-state index in [1.54, 1.807) is 6.92 Å². The molecule has 0 spiro atoms. The Morgan fingerprint density at radius 2 is 2.06 bits per heavy atom. The summed E-state index contributed by atoms with van der Waals surface area (Å²) in [5.74, 6) is 0.728. The molecule has 0 radical (unpaired) electrons. The van der Waals surface area contributed by atoms with Gasteiger partial charge < -0.3 is 15.7 Å². The number of nitrogens with one attached hydrogen (secondary N) is 2. The van der Waals surface area contributed by atoms with Crippen molar-refractivity contribution in [3.63, 3.8) is 0 Å². The molecule has 4 heteroatoms. The first kappa shape index (κ1) is 14.5. The number of piperidine rings is 1. The van der Waals surface area contributed by atoms with Gasteiger partial charge in [0.15, 0.2) is 0 Å². The highest BCUT2D eigenvalue weighted by molar-refractivity contribution is 5.76. The lowest BCUT2D eigenvalue weighted by Gasteiger charge is -2.30. The topological polar surface area (TPSA) is 61.4 Å². The molecule has 3 N–H and O–H groups in total. The number of carbonyl (C=O) groups excluding carboxylic acids is 1. The molecule has 1 fully saturated rings. The fourth-order valence-electron chi connectivity index (χ4n) is 2.03. The number of hydrogen-bond acceptors (Lipinski definition) is 3. The van der Waals surface area contributed by atoms with Gasteiger partial charge >= 0.3 is 0 Å². The minimum Gasteiger partial charge on any atom is -0.391 e. The largest absolute Gasteiger partial charge is 0.391 e. The Balaban J connectivity index is 2.25. The first-order chi connectivity index (χ1) is 7.92. The molecule has 17 heavy (non-hydrogen) atoms. The number of rotatable bonds is 5. The Kier molecular flexibility index (Phi) is 5.40. The second-order valence-electron chi connectivity index (χ2n) is 5.68. The molecule has 0 aliphatic carbocycles. The smallest absolute Gasteiger partial charge is 0.220 e. The number of amides is 1. The van der Waals surface area contributed by atoms with Crippen LogP contribution in [0.4, 0.5) is 0 Å². The SMILES string of the molecule is CC(O)C(C)(C)NC(=O)CCC1CCNCC1. The Bertz CT molecular complexity index is 246. The van der Waals surface area contributed by atoms with Crippen LogP contribution in [0.1, 0.15) is 46.5 Å². The minimum absolute atomic E-state index is 0.0504. The van der Waals surface area contributed by atoms with E-state index >= 15 is 0 Å². The summed E-state index contributed by atoms with van der Waals surface area (Å²) in [7, 11) is 0. The van der Waals surface area contributed by atoms with Crippen molar-refractivity contribution in [3.8, 4) is 0 Å². The summed E-state index contributed by atoms with van der Waals surface area (Å²) in [4.78, 5) is 11.8. The summed E-state index contributed by atoms with van der Waals surface area (Å²) in [5, 5.41) is 15.7. The lowest BCUT2D eigenvalue weighted by molar-refractivity contribution is -0.124. The van der Waals surface area contributed by atoms with E-state index in [2.05, 4.69) is 10.6 Å². The molecule has 1 heterocycles. The highest BCUT2D eigenvalue weighted by Crippen LogP contribution is 2.18. The molecule has 1 saturated heterocycles. The molecule has 100 valence electrons. The second-order valence-corrected chi connectivity index (χ2v) is 5.68. The third-order valence-electron chi connectivity index (χ3n) is 3.74. The number of hydrogen-bond donors (Lipinski definition) is 3. The van der Waals surface area contributed by atoms with Crippen LogP contribution < -0.4 is 10.6 Å². The van der Waals surface area contributed by atoms with Crippen LogP contribution in [0.25, 0.3) is 0 Å². The molecule has 1 amide bonds. The fraction of sp³-hybridized carbons (Fsp3) is 0.923. The average molecular weight is 242 g/mol. The lowest BCUT2D eigenvalue weighted by atomic mass is 9.92. The zero-order valence-electron chi connectivity index (χ0n) is 11.3. The van der Waals surface area contributed by atoms with Gasteiger partial charge in [0.05, 0.1) is 11.6 Å². The van der Waals surface area contributed by atoms with E-state index < -0.39 is 11.6 Å². The third-order valence-corrected chi connectivity index (χ3v) is 3.74. The lowest BCUT2D eigenvalue weighted by Crippen LogP contribution is -2.51. The van der Waals surface area contributed by atoms with Crippen molar-refractivity contribution < 1.29 is 9.90 Å². The van der Waals surface area contributed by atoms with Crippen molar-refractivity contribution in [3.05, 3.63) is 0 Å². The van der Waals surface area contributed by atoms with E-state index in [-0.39, 0.29) is 5.91 Å².